The van der Waals surface area contributed by atoms with Gasteiger partial charge in [-0.15, -0.1) is 0 Å². The van der Waals surface area contributed by atoms with Crippen molar-refractivity contribution < 1.29 is 32.6 Å². The van der Waals surface area contributed by atoms with E-state index in [1.165, 1.54) is 44.1 Å². The number of hydrogen-bond acceptors (Lipinski definition) is 5. The first-order valence-corrected chi connectivity index (χ1v) is 18.8. The lowest BCUT2D eigenvalue weighted by Crippen LogP contribution is -2.30. The molecule has 2 aliphatic carbocycles. The first-order chi connectivity index (χ1) is 22.4. The van der Waals surface area contributed by atoms with E-state index in [9.17, 15) is 18.4 Å². The minimum absolute atomic E-state index is 0.184. The predicted octanol–water partition coefficient (Wildman–Crippen LogP) is 10.9. The zero-order chi connectivity index (χ0) is 33.0. The molecule has 0 bridgehead atoms. The monoisotopic (exact) mass is 648 g/mol. The number of halogens is 2. The van der Waals surface area contributed by atoms with E-state index in [4.69, 9.17) is 14.2 Å². The van der Waals surface area contributed by atoms with Crippen LogP contribution < -0.4 is 4.74 Å². The molecule has 0 spiro atoms. The first-order valence-electron chi connectivity index (χ1n) is 18.8. The third kappa shape index (κ3) is 14.7. The highest BCUT2D eigenvalue weighted by Gasteiger charge is 2.29. The number of rotatable bonds is 22. The van der Waals surface area contributed by atoms with Gasteiger partial charge in [-0.2, -0.15) is 0 Å². The minimum Gasteiger partial charge on any atom is -0.493 e. The summed E-state index contributed by atoms with van der Waals surface area (Å²) in [5, 5.41) is 0. The molecule has 1 unspecified atom stereocenters. The Kier molecular flexibility index (Phi) is 18.6. The van der Waals surface area contributed by atoms with Gasteiger partial charge in [-0.25, -0.2) is 18.4 Å². The Bertz CT molecular complexity index is 954. The molecule has 2 aliphatic rings. The van der Waals surface area contributed by atoms with Crippen LogP contribution in [-0.4, -0.2) is 43.1 Å². The molecule has 0 aliphatic heterocycles. The van der Waals surface area contributed by atoms with Gasteiger partial charge in [-0.05, 0) is 107 Å². The number of unbranched alkanes of at least 4 members (excludes halogenated alkanes) is 10. The maximum Gasteiger partial charge on any atom is 0.340 e. The van der Waals surface area contributed by atoms with E-state index < -0.39 is 24.3 Å². The maximum atomic E-state index is 14.3. The largest absolute Gasteiger partial charge is 0.493 e. The average Bonchev–Trinajstić information content (AvgIpc) is 3.08. The number of benzene rings is 1. The second kappa shape index (κ2) is 22.4. The molecule has 1 aromatic rings. The summed E-state index contributed by atoms with van der Waals surface area (Å²) in [5.41, 5.74) is 1.26. The highest BCUT2D eigenvalue weighted by atomic mass is 19.1. The molecule has 3 rings (SSSR count). The number of carbonyl (C=O) groups is 2. The second-order valence-corrected chi connectivity index (χ2v) is 13.9. The standard InChI is InChI=1S/C39H62F2O5/c1-3-5-7-9-11-13-15-36(40)38(42)45-34-23-17-30(18-24-34)29-44-33-25-19-31(20-26-33)32-21-27-35(28-22-32)46-39(43)37(41)16-14-12-10-8-6-4-2/h19-20,25-26,30,32,34-37H,3-18,21-24,27-29H2,1-2H3/t30?,32?,34?,35?,36?,37-/m0/s1. The van der Waals surface area contributed by atoms with Gasteiger partial charge >= 0.3 is 11.9 Å². The summed E-state index contributed by atoms with van der Waals surface area (Å²) in [6, 6.07) is 8.30. The van der Waals surface area contributed by atoms with Gasteiger partial charge in [0.2, 0.25) is 0 Å². The molecule has 0 radical (unpaired) electrons. The van der Waals surface area contributed by atoms with Gasteiger partial charge in [0.05, 0.1) is 6.61 Å². The number of hydrogen-bond donors (Lipinski definition) is 0. The highest BCUT2D eigenvalue weighted by Crippen LogP contribution is 2.35. The SMILES string of the molecule is CCCCCCCCC(F)C(=O)OC1CCC(COc2ccc(C3CCC(OC(=O)[C@@H](F)CCCCCCCC)CC3)cc2)CC1. The highest BCUT2D eigenvalue weighted by molar-refractivity contribution is 5.75. The van der Waals surface area contributed by atoms with Crippen molar-refractivity contribution in [2.45, 2.75) is 186 Å². The molecule has 262 valence electrons. The van der Waals surface area contributed by atoms with Gasteiger partial charge in [0.15, 0.2) is 12.3 Å². The van der Waals surface area contributed by atoms with Crippen LogP contribution in [0.15, 0.2) is 24.3 Å². The van der Waals surface area contributed by atoms with Crippen LogP contribution in [0.3, 0.4) is 0 Å². The lowest BCUT2D eigenvalue weighted by atomic mass is 9.82. The quantitative estimate of drug-likeness (QED) is 0.0925. The maximum absolute atomic E-state index is 14.3. The number of alkyl halides is 2. The Balaban J connectivity index is 1.26. The summed E-state index contributed by atoms with van der Waals surface area (Å²) in [6.07, 6.45) is 16.7. The van der Waals surface area contributed by atoms with Gasteiger partial charge in [0.1, 0.15) is 18.0 Å². The van der Waals surface area contributed by atoms with Crippen LogP contribution in [0.25, 0.3) is 0 Å². The van der Waals surface area contributed by atoms with E-state index in [0.717, 1.165) is 95.6 Å². The fourth-order valence-electron chi connectivity index (χ4n) is 6.90. The van der Waals surface area contributed by atoms with Crippen molar-refractivity contribution in [1.82, 2.24) is 0 Å². The third-order valence-corrected chi connectivity index (χ3v) is 10.0. The van der Waals surface area contributed by atoms with Crippen molar-refractivity contribution in [3.63, 3.8) is 0 Å². The van der Waals surface area contributed by atoms with Crippen LogP contribution in [-0.2, 0) is 19.1 Å². The van der Waals surface area contributed by atoms with Crippen LogP contribution >= 0.6 is 0 Å². The summed E-state index contributed by atoms with van der Waals surface area (Å²) in [5.74, 6) is 0.275. The van der Waals surface area contributed by atoms with Gasteiger partial charge in [0, 0.05) is 0 Å². The van der Waals surface area contributed by atoms with Crippen molar-refractivity contribution in [3.8, 4) is 5.75 Å². The molecule has 0 heterocycles. The van der Waals surface area contributed by atoms with Gasteiger partial charge in [0.25, 0.3) is 0 Å². The fraction of sp³-hybridized carbons (Fsp3) is 0.795. The topological polar surface area (TPSA) is 61.8 Å². The van der Waals surface area contributed by atoms with E-state index in [2.05, 4.69) is 26.0 Å². The molecule has 0 N–H and O–H groups in total. The molecule has 46 heavy (non-hydrogen) atoms. The zero-order valence-electron chi connectivity index (χ0n) is 28.8. The summed E-state index contributed by atoms with van der Waals surface area (Å²) in [4.78, 5) is 24.4. The van der Waals surface area contributed by atoms with Crippen LogP contribution in [0.2, 0.25) is 0 Å². The molecule has 2 fully saturated rings. The molecule has 1 aromatic carbocycles. The predicted molar refractivity (Wildman–Crippen MR) is 181 cm³/mol. The molecule has 0 amide bonds. The van der Waals surface area contributed by atoms with E-state index in [-0.39, 0.29) is 25.0 Å². The van der Waals surface area contributed by atoms with Crippen molar-refractivity contribution in [2.24, 2.45) is 5.92 Å². The Labute approximate surface area is 277 Å². The lowest BCUT2D eigenvalue weighted by Gasteiger charge is -2.29. The van der Waals surface area contributed by atoms with Crippen LogP contribution in [0.4, 0.5) is 8.78 Å². The molecule has 0 saturated heterocycles. The van der Waals surface area contributed by atoms with Crippen molar-refractivity contribution in [1.29, 1.82) is 0 Å². The molecule has 2 saturated carbocycles. The Morgan fingerprint density at radius 3 is 1.54 bits per heavy atom. The number of carbonyl (C=O) groups excluding carboxylic acids is 2. The molecule has 5 nitrogen and oxygen atoms in total. The number of ether oxygens (including phenoxy) is 3. The van der Waals surface area contributed by atoms with Crippen molar-refractivity contribution >= 4 is 11.9 Å². The molecular weight excluding hydrogens is 586 g/mol. The molecule has 7 heteroatoms. The third-order valence-electron chi connectivity index (χ3n) is 10.0. The smallest absolute Gasteiger partial charge is 0.340 e. The van der Waals surface area contributed by atoms with Gasteiger partial charge in [-0.3, -0.25) is 0 Å². The average molecular weight is 649 g/mol. The summed E-state index contributed by atoms with van der Waals surface area (Å²) < 4.78 is 45.7. The van der Waals surface area contributed by atoms with Gasteiger partial charge < -0.3 is 14.2 Å². The zero-order valence-corrected chi connectivity index (χ0v) is 28.8. The van der Waals surface area contributed by atoms with E-state index in [1.54, 1.807) is 0 Å². The summed E-state index contributed by atoms with van der Waals surface area (Å²) in [6.45, 7) is 4.97. The van der Waals surface area contributed by atoms with Gasteiger partial charge in [-0.1, -0.05) is 90.2 Å². The normalized spacial score (nSPS) is 23.0. The Morgan fingerprint density at radius 2 is 1.07 bits per heavy atom. The number of esters is 2. The lowest BCUT2D eigenvalue weighted by molar-refractivity contribution is -0.158. The van der Waals surface area contributed by atoms with E-state index in [1.807, 2.05) is 12.1 Å². The van der Waals surface area contributed by atoms with E-state index in [0.29, 0.717) is 18.4 Å². The molecule has 2 atom stereocenters. The second-order valence-electron chi connectivity index (χ2n) is 13.9. The first kappa shape index (κ1) is 38.3. The fourth-order valence-corrected chi connectivity index (χ4v) is 6.90. The van der Waals surface area contributed by atoms with E-state index >= 15 is 0 Å². The molecular formula is C39H62F2O5. The van der Waals surface area contributed by atoms with Crippen LogP contribution in [0.1, 0.15) is 167 Å². The summed E-state index contributed by atoms with van der Waals surface area (Å²) in [7, 11) is 0. The van der Waals surface area contributed by atoms with Crippen LogP contribution in [0, 0.1) is 5.92 Å². The Morgan fingerprint density at radius 1 is 0.630 bits per heavy atom. The van der Waals surface area contributed by atoms with Crippen LogP contribution in [0.5, 0.6) is 5.75 Å². The minimum atomic E-state index is -1.50. The van der Waals surface area contributed by atoms with Crippen molar-refractivity contribution in [3.05, 3.63) is 29.8 Å². The Hall–Kier alpha value is -2.18. The van der Waals surface area contributed by atoms with Crippen molar-refractivity contribution in [2.75, 3.05) is 6.61 Å². The summed E-state index contributed by atoms with van der Waals surface area (Å²) >= 11 is 0. The molecule has 0 aromatic heterocycles.